The van der Waals surface area contributed by atoms with E-state index in [2.05, 4.69) is 104 Å². The summed E-state index contributed by atoms with van der Waals surface area (Å²) >= 11 is 0. The monoisotopic (exact) mass is 1220 g/mol. The first kappa shape index (κ1) is 82.1. The number of carbonyl (C=O) groups is 1. The Bertz CT molecular complexity index is 1700. The number of carbonyl (C=O) groups excluding carboxylic acids is 1. The maximum atomic E-state index is 13.2. The van der Waals surface area contributed by atoms with Crippen molar-refractivity contribution in [2.24, 2.45) is 0 Å². The molecular weight excluding hydrogens is 1080 g/mol. The lowest BCUT2D eigenvalue weighted by Gasteiger charge is -2.40. The molecule has 0 bridgehead atoms. The van der Waals surface area contributed by atoms with Crippen molar-refractivity contribution in [3.63, 3.8) is 0 Å². The van der Waals surface area contributed by atoms with Crippen LogP contribution in [-0.2, 0) is 14.3 Å². The molecule has 1 aliphatic rings. The van der Waals surface area contributed by atoms with Gasteiger partial charge in [-0.15, -0.1) is 0 Å². The second-order valence-corrected chi connectivity index (χ2v) is 25.4. The van der Waals surface area contributed by atoms with E-state index in [9.17, 15) is 30.3 Å². The van der Waals surface area contributed by atoms with Crippen LogP contribution in [0, 0.1) is 0 Å². The van der Waals surface area contributed by atoms with Gasteiger partial charge in [-0.1, -0.05) is 349 Å². The Kier molecular flexibility index (Phi) is 62.3. The summed E-state index contributed by atoms with van der Waals surface area (Å²) in [6, 6.07) is -0.813. The zero-order valence-electron chi connectivity index (χ0n) is 56.5. The molecule has 9 heteroatoms. The van der Waals surface area contributed by atoms with Gasteiger partial charge in [0.1, 0.15) is 24.4 Å². The van der Waals surface area contributed by atoms with Crippen molar-refractivity contribution in [2.45, 2.75) is 378 Å². The van der Waals surface area contributed by atoms with Gasteiger partial charge in [0, 0.05) is 6.42 Å². The van der Waals surface area contributed by atoms with Crippen LogP contribution in [0.5, 0.6) is 0 Å². The molecule has 0 aromatic heterocycles. The predicted octanol–water partition coefficient (Wildman–Crippen LogP) is 20.6. The van der Waals surface area contributed by atoms with Gasteiger partial charge < -0.3 is 40.3 Å². The summed E-state index contributed by atoms with van der Waals surface area (Å²) in [5.74, 6) is -0.177. The summed E-state index contributed by atoms with van der Waals surface area (Å²) in [5.41, 5.74) is 0. The standard InChI is InChI=1S/C78H139NO8/c1-3-5-7-9-11-13-15-17-19-21-23-25-27-29-31-33-34-35-36-37-38-40-42-44-46-48-50-52-54-56-58-60-62-64-66-68-74(82)79-71(70-86-78-77(85)76(84)75(83)73(69-80)87-78)72(81)67-65-63-61-59-57-55-53-51-49-47-45-43-41-39-32-30-28-26-24-22-20-18-16-14-12-10-8-6-4-2/h5,7,11,13,17,19,23,25,29,31,34-35,37-38,65,67,71-73,75-78,80-81,83-85H,3-4,6,8-10,12,14-16,18,20-22,24,26-28,30,32-33,36,39-64,66,68-70H2,1-2H3,(H,79,82)/b7-5-,13-11-,19-17-,25-23-,31-29-,35-34-,38-37-,67-65+. The minimum absolute atomic E-state index is 0.177. The van der Waals surface area contributed by atoms with Crippen LogP contribution in [0.25, 0.3) is 0 Å². The van der Waals surface area contributed by atoms with Crippen molar-refractivity contribution in [2.75, 3.05) is 13.2 Å². The van der Waals surface area contributed by atoms with Crippen molar-refractivity contribution < 1.29 is 39.8 Å². The second-order valence-electron chi connectivity index (χ2n) is 25.4. The lowest BCUT2D eigenvalue weighted by Crippen LogP contribution is -2.60. The Morgan fingerprint density at radius 3 is 1.06 bits per heavy atom. The predicted molar refractivity (Wildman–Crippen MR) is 373 cm³/mol. The lowest BCUT2D eigenvalue weighted by atomic mass is 9.99. The van der Waals surface area contributed by atoms with Gasteiger partial charge in [-0.05, 0) is 77.0 Å². The van der Waals surface area contributed by atoms with Crippen LogP contribution in [0.15, 0.2) is 97.2 Å². The maximum Gasteiger partial charge on any atom is 0.220 e. The molecule has 1 rings (SSSR count). The van der Waals surface area contributed by atoms with Crippen LogP contribution in [-0.4, -0.2) is 87.5 Å². The number of amides is 1. The average molecular weight is 1220 g/mol. The fraction of sp³-hybridized carbons (Fsp3) is 0.782. The third-order valence-corrected chi connectivity index (χ3v) is 17.2. The fourth-order valence-electron chi connectivity index (χ4n) is 11.4. The molecular formula is C78H139NO8. The van der Waals surface area contributed by atoms with Crippen LogP contribution in [0.2, 0.25) is 0 Å². The Labute approximate surface area is 536 Å². The molecule has 7 atom stereocenters. The molecule has 1 amide bonds. The molecule has 7 unspecified atom stereocenters. The Morgan fingerprint density at radius 1 is 0.402 bits per heavy atom. The number of aliphatic hydroxyl groups excluding tert-OH is 5. The minimum Gasteiger partial charge on any atom is -0.394 e. The quantitative estimate of drug-likeness (QED) is 0.0261. The van der Waals surface area contributed by atoms with E-state index in [1.54, 1.807) is 6.08 Å². The van der Waals surface area contributed by atoms with Crippen LogP contribution in [0.4, 0.5) is 0 Å². The Balaban J connectivity index is 2.13. The SMILES string of the molecule is CC/C=C\C/C=C\C/C=C\C/C=C\C/C=C\C/C=C\C/C=C\CCCCCCCCCCCCCCCC(=O)NC(COC1OC(CO)C(O)C(O)C1O)C(O)/C=C/CCCCCCCCCCCCCCCCCCCCCCCCCCCCC. The third kappa shape index (κ3) is 54.6. The van der Waals surface area contributed by atoms with Gasteiger partial charge in [0.15, 0.2) is 6.29 Å². The van der Waals surface area contributed by atoms with Gasteiger partial charge >= 0.3 is 0 Å². The van der Waals surface area contributed by atoms with E-state index in [1.165, 1.54) is 231 Å². The first-order valence-electron chi connectivity index (χ1n) is 37.0. The molecule has 0 radical (unpaired) electrons. The van der Waals surface area contributed by atoms with Crippen molar-refractivity contribution >= 4 is 5.91 Å². The highest BCUT2D eigenvalue weighted by Crippen LogP contribution is 2.23. The highest BCUT2D eigenvalue weighted by Gasteiger charge is 2.44. The van der Waals surface area contributed by atoms with E-state index in [0.29, 0.717) is 6.42 Å². The summed E-state index contributed by atoms with van der Waals surface area (Å²) in [4.78, 5) is 13.2. The summed E-state index contributed by atoms with van der Waals surface area (Å²) in [5, 5.41) is 54.9. The minimum atomic E-state index is -1.57. The maximum absolute atomic E-state index is 13.2. The molecule has 87 heavy (non-hydrogen) atoms. The molecule has 0 aromatic carbocycles. The van der Waals surface area contributed by atoms with Crippen molar-refractivity contribution in [3.8, 4) is 0 Å². The molecule has 504 valence electrons. The fourth-order valence-corrected chi connectivity index (χ4v) is 11.4. The molecule has 1 aliphatic heterocycles. The molecule has 0 aromatic rings. The molecule has 9 nitrogen and oxygen atoms in total. The Hall–Kier alpha value is -2.89. The average Bonchev–Trinajstić information content (AvgIpc) is 3.47. The van der Waals surface area contributed by atoms with E-state index in [1.807, 2.05) is 6.08 Å². The molecule has 1 saturated heterocycles. The van der Waals surface area contributed by atoms with Crippen LogP contribution >= 0.6 is 0 Å². The number of aliphatic hydroxyl groups is 5. The smallest absolute Gasteiger partial charge is 0.220 e. The van der Waals surface area contributed by atoms with Gasteiger partial charge in [0.25, 0.3) is 0 Å². The molecule has 1 fully saturated rings. The van der Waals surface area contributed by atoms with Crippen LogP contribution < -0.4 is 5.32 Å². The second kappa shape index (κ2) is 66.0. The first-order chi connectivity index (χ1) is 42.8. The van der Waals surface area contributed by atoms with E-state index in [-0.39, 0.29) is 12.5 Å². The molecule has 6 N–H and O–H groups in total. The highest BCUT2D eigenvalue weighted by atomic mass is 16.7. The Morgan fingerprint density at radius 2 is 0.713 bits per heavy atom. The number of hydrogen-bond donors (Lipinski definition) is 6. The van der Waals surface area contributed by atoms with E-state index in [0.717, 1.165) is 83.5 Å². The first-order valence-corrected chi connectivity index (χ1v) is 37.0. The largest absolute Gasteiger partial charge is 0.394 e. The van der Waals surface area contributed by atoms with Gasteiger partial charge in [0.05, 0.1) is 25.4 Å². The van der Waals surface area contributed by atoms with E-state index < -0.39 is 49.5 Å². The van der Waals surface area contributed by atoms with E-state index in [4.69, 9.17) is 9.47 Å². The molecule has 0 spiro atoms. The van der Waals surface area contributed by atoms with Crippen LogP contribution in [0.3, 0.4) is 0 Å². The number of rotatable bonds is 64. The number of hydrogen-bond acceptors (Lipinski definition) is 8. The molecule has 0 saturated carbocycles. The van der Waals surface area contributed by atoms with Crippen molar-refractivity contribution in [3.05, 3.63) is 97.2 Å². The summed E-state index contributed by atoms with van der Waals surface area (Å²) in [7, 11) is 0. The van der Waals surface area contributed by atoms with Gasteiger partial charge in [-0.3, -0.25) is 4.79 Å². The van der Waals surface area contributed by atoms with Crippen molar-refractivity contribution in [1.82, 2.24) is 5.32 Å². The number of ether oxygens (including phenoxy) is 2. The zero-order chi connectivity index (χ0) is 62.8. The number of nitrogens with one attached hydrogen (secondary N) is 1. The molecule has 1 heterocycles. The zero-order valence-corrected chi connectivity index (χ0v) is 56.5. The van der Waals surface area contributed by atoms with Gasteiger partial charge in [-0.2, -0.15) is 0 Å². The highest BCUT2D eigenvalue weighted by molar-refractivity contribution is 5.76. The summed E-state index contributed by atoms with van der Waals surface area (Å²) < 4.78 is 11.3. The number of unbranched alkanes of at least 4 members (excludes halogenated alkanes) is 40. The van der Waals surface area contributed by atoms with Gasteiger partial charge in [0.2, 0.25) is 5.91 Å². The lowest BCUT2D eigenvalue weighted by molar-refractivity contribution is -0.302. The molecule has 0 aliphatic carbocycles. The summed E-state index contributed by atoms with van der Waals surface area (Å²) in [6.45, 7) is 3.70. The van der Waals surface area contributed by atoms with Crippen LogP contribution in [0.1, 0.15) is 335 Å². The topological polar surface area (TPSA) is 149 Å². The summed E-state index contributed by atoms with van der Waals surface area (Å²) in [6.07, 6.45) is 89.5. The van der Waals surface area contributed by atoms with E-state index >= 15 is 0 Å². The normalized spacial score (nSPS) is 18.5. The third-order valence-electron chi connectivity index (χ3n) is 17.2. The van der Waals surface area contributed by atoms with Gasteiger partial charge in [-0.25, -0.2) is 0 Å². The number of allylic oxidation sites excluding steroid dienone is 15. The van der Waals surface area contributed by atoms with Crippen molar-refractivity contribution in [1.29, 1.82) is 0 Å².